The van der Waals surface area contributed by atoms with Crippen LogP contribution >= 0.6 is 0 Å². The van der Waals surface area contributed by atoms with E-state index in [4.69, 9.17) is 4.74 Å². The van der Waals surface area contributed by atoms with Gasteiger partial charge >= 0.3 is 0 Å². The normalized spacial score (nSPS) is 14.3. The smallest absolute Gasteiger partial charge is 0.0750 e. The molecular formula is C18H21N3O. The summed E-state index contributed by atoms with van der Waals surface area (Å²) in [5.74, 6) is 6.47. The summed E-state index contributed by atoms with van der Waals surface area (Å²) in [6.45, 7) is 6.72. The maximum Gasteiger partial charge on any atom is 0.0750 e. The predicted octanol–water partition coefficient (Wildman–Crippen LogP) is 2.56. The van der Waals surface area contributed by atoms with E-state index in [1.165, 1.54) is 11.3 Å². The number of hydrogen-bond donors (Lipinski definition) is 0. The Hall–Kier alpha value is -2.25. The first kappa shape index (κ1) is 14.7. The summed E-state index contributed by atoms with van der Waals surface area (Å²) in [7, 11) is 1.90. The van der Waals surface area contributed by atoms with E-state index in [9.17, 15) is 0 Å². The van der Waals surface area contributed by atoms with Gasteiger partial charge in [-0.1, -0.05) is 17.9 Å². The molecule has 1 aliphatic rings. The number of nitrogens with zero attached hydrogens (tertiary/aromatic N) is 3. The van der Waals surface area contributed by atoms with E-state index >= 15 is 0 Å². The Morgan fingerprint density at radius 3 is 2.86 bits per heavy atom. The average Bonchev–Trinajstić information content (AvgIpc) is 2.79. The van der Waals surface area contributed by atoms with E-state index in [-0.39, 0.29) is 0 Å². The van der Waals surface area contributed by atoms with Crippen molar-refractivity contribution in [1.82, 2.24) is 9.78 Å². The molecule has 22 heavy (non-hydrogen) atoms. The molecule has 3 rings (SSSR count). The second-order valence-corrected chi connectivity index (χ2v) is 5.80. The third-order valence-corrected chi connectivity index (χ3v) is 3.85. The van der Waals surface area contributed by atoms with Crippen molar-refractivity contribution < 1.29 is 4.74 Å². The molecule has 0 atom stereocenters. The second kappa shape index (κ2) is 6.25. The van der Waals surface area contributed by atoms with Gasteiger partial charge in [-0.3, -0.25) is 4.68 Å². The highest BCUT2D eigenvalue weighted by Gasteiger charge is 2.19. The first-order valence-corrected chi connectivity index (χ1v) is 7.62. The van der Waals surface area contributed by atoms with Crippen LogP contribution in [0.4, 0.5) is 5.69 Å². The predicted molar refractivity (Wildman–Crippen MR) is 87.8 cm³/mol. The highest BCUT2D eigenvalue weighted by molar-refractivity contribution is 5.62. The number of aromatic nitrogens is 2. The zero-order chi connectivity index (χ0) is 15.5. The third kappa shape index (κ3) is 3.00. The second-order valence-electron chi connectivity index (χ2n) is 5.80. The number of anilines is 1. The van der Waals surface area contributed by atoms with Crippen LogP contribution in [0.1, 0.15) is 30.5 Å². The molecule has 0 radical (unpaired) electrons. The highest BCUT2D eigenvalue weighted by Crippen LogP contribution is 2.28. The van der Waals surface area contributed by atoms with Crippen LogP contribution in [-0.2, 0) is 18.4 Å². The van der Waals surface area contributed by atoms with E-state index in [2.05, 4.69) is 53.9 Å². The van der Waals surface area contributed by atoms with Crippen LogP contribution in [0.15, 0.2) is 30.6 Å². The van der Waals surface area contributed by atoms with Crippen molar-refractivity contribution in [3.63, 3.8) is 0 Å². The molecule has 0 saturated heterocycles. The van der Waals surface area contributed by atoms with E-state index in [1.807, 2.05) is 13.2 Å². The van der Waals surface area contributed by atoms with Crippen molar-refractivity contribution in [2.24, 2.45) is 7.05 Å². The van der Waals surface area contributed by atoms with Crippen LogP contribution in [0, 0.1) is 11.8 Å². The van der Waals surface area contributed by atoms with Crippen molar-refractivity contribution in [2.75, 3.05) is 18.1 Å². The van der Waals surface area contributed by atoms with Gasteiger partial charge < -0.3 is 9.64 Å². The fourth-order valence-electron chi connectivity index (χ4n) is 2.73. The zero-order valence-corrected chi connectivity index (χ0v) is 13.3. The first-order chi connectivity index (χ1) is 10.6. The Morgan fingerprint density at radius 1 is 1.27 bits per heavy atom. The van der Waals surface area contributed by atoms with Crippen LogP contribution in [0.25, 0.3) is 0 Å². The first-order valence-electron chi connectivity index (χ1n) is 7.62. The van der Waals surface area contributed by atoms with Gasteiger partial charge in [-0.25, -0.2) is 0 Å². The number of ether oxygens (including phenoxy) is 1. The number of rotatable bonds is 1. The minimum atomic E-state index is 0.446. The Morgan fingerprint density at radius 2 is 2.14 bits per heavy atom. The molecule has 1 aromatic heterocycles. The molecule has 0 bridgehead atoms. The van der Waals surface area contributed by atoms with Gasteiger partial charge in [-0.05, 0) is 26.0 Å². The molecule has 0 amide bonds. The van der Waals surface area contributed by atoms with E-state index < -0.39 is 0 Å². The van der Waals surface area contributed by atoms with Crippen molar-refractivity contribution >= 4 is 5.69 Å². The van der Waals surface area contributed by atoms with E-state index in [0.717, 1.165) is 24.3 Å². The molecule has 0 fully saturated rings. The van der Waals surface area contributed by atoms with E-state index in [1.54, 1.807) is 10.9 Å². The van der Waals surface area contributed by atoms with E-state index in [0.29, 0.717) is 12.6 Å². The van der Waals surface area contributed by atoms with Crippen LogP contribution < -0.4 is 4.90 Å². The van der Waals surface area contributed by atoms with Crippen LogP contribution in [0.3, 0.4) is 0 Å². The molecule has 0 unspecified atom stereocenters. The largest absolute Gasteiger partial charge is 0.375 e. The molecule has 4 heteroatoms. The van der Waals surface area contributed by atoms with Gasteiger partial charge in [0.15, 0.2) is 0 Å². The van der Waals surface area contributed by atoms with Gasteiger partial charge in [-0.2, -0.15) is 5.10 Å². The molecule has 1 aliphatic heterocycles. The zero-order valence-electron chi connectivity index (χ0n) is 13.3. The molecule has 2 aromatic rings. The highest BCUT2D eigenvalue weighted by atomic mass is 16.5. The Bertz CT molecular complexity index is 721. The molecule has 0 saturated carbocycles. The Labute approximate surface area is 131 Å². The van der Waals surface area contributed by atoms with Gasteiger partial charge in [0, 0.05) is 42.6 Å². The van der Waals surface area contributed by atoms with Gasteiger partial charge in [0.2, 0.25) is 0 Å². The Kier molecular flexibility index (Phi) is 4.17. The average molecular weight is 295 g/mol. The summed E-state index contributed by atoms with van der Waals surface area (Å²) in [4.78, 5) is 2.39. The molecular weight excluding hydrogens is 274 g/mol. The van der Waals surface area contributed by atoms with Crippen molar-refractivity contribution in [3.8, 4) is 11.8 Å². The third-order valence-electron chi connectivity index (χ3n) is 3.85. The molecule has 1 aromatic carbocycles. The fraction of sp³-hybridized carbons (Fsp3) is 0.389. The lowest BCUT2D eigenvalue weighted by Gasteiger charge is -2.28. The lowest BCUT2D eigenvalue weighted by molar-refractivity contribution is 0.131. The monoisotopic (exact) mass is 295 g/mol. The molecule has 4 nitrogen and oxygen atoms in total. The molecule has 0 spiro atoms. The van der Waals surface area contributed by atoms with Crippen LogP contribution in [-0.4, -0.2) is 29.0 Å². The number of hydrogen-bond acceptors (Lipinski definition) is 3. The standard InChI is InChI=1S/C18H21N3O/c1-14(2)21-9-10-22-13-17-16(5-4-6-18(17)21)8-7-15-11-19-20(3)12-15/h4-6,11-12,14H,9-10,13H2,1-3H3. The van der Waals surface area contributed by atoms with Crippen molar-refractivity contribution in [1.29, 1.82) is 0 Å². The summed E-state index contributed by atoms with van der Waals surface area (Å²) in [5, 5.41) is 4.15. The van der Waals surface area contributed by atoms with Gasteiger partial charge in [-0.15, -0.1) is 0 Å². The minimum Gasteiger partial charge on any atom is -0.375 e. The fourth-order valence-corrected chi connectivity index (χ4v) is 2.73. The quantitative estimate of drug-likeness (QED) is 0.758. The number of aryl methyl sites for hydroxylation is 1. The summed E-state index contributed by atoms with van der Waals surface area (Å²) in [5.41, 5.74) is 4.39. The van der Waals surface area contributed by atoms with Gasteiger partial charge in [0.05, 0.1) is 25.0 Å². The molecule has 0 aliphatic carbocycles. The lowest BCUT2D eigenvalue weighted by atomic mass is 10.0. The summed E-state index contributed by atoms with van der Waals surface area (Å²) in [6.07, 6.45) is 3.71. The lowest BCUT2D eigenvalue weighted by Crippen LogP contribution is -2.33. The summed E-state index contributed by atoms with van der Waals surface area (Å²) in [6, 6.07) is 6.75. The van der Waals surface area contributed by atoms with Crippen LogP contribution in [0.2, 0.25) is 0 Å². The SMILES string of the molecule is CC(C)N1CCOCc2c(C#Cc3cnn(C)c3)cccc21. The summed E-state index contributed by atoms with van der Waals surface area (Å²) < 4.78 is 7.54. The Balaban J connectivity index is 2.00. The number of fused-ring (bicyclic) bond motifs is 1. The maximum atomic E-state index is 5.77. The van der Waals surface area contributed by atoms with Gasteiger partial charge in [0.25, 0.3) is 0 Å². The topological polar surface area (TPSA) is 30.3 Å². The van der Waals surface area contributed by atoms with Gasteiger partial charge in [0.1, 0.15) is 0 Å². The molecule has 0 N–H and O–H groups in total. The molecule has 114 valence electrons. The summed E-state index contributed by atoms with van der Waals surface area (Å²) >= 11 is 0. The maximum absolute atomic E-state index is 5.77. The van der Waals surface area contributed by atoms with Crippen LogP contribution in [0.5, 0.6) is 0 Å². The number of benzene rings is 1. The molecule has 2 heterocycles. The minimum absolute atomic E-state index is 0.446. The van der Waals surface area contributed by atoms with Crippen molar-refractivity contribution in [2.45, 2.75) is 26.5 Å². The van der Waals surface area contributed by atoms with Crippen molar-refractivity contribution in [3.05, 3.63) is 47.3 Å².